The van der Waals surface area contributed by atoms with Crippen molar-refractivity contribution in [2.45, 2.75) is 58.7 Å². The van der Waals surface area contributed by atoms with Crippen LogP contribution in [0.15, 0.2) is 84.9 Å². The van der Waals surface area contributed by atoms with Crippen molar-refractivity contribution >= 4 is 11.6 Å². The zero-order valence-corrected chi connectivity index (χ0v) is 19.2. The van der Waals surface area contributed by atoms with Gasteiger partial charge in [-0.15, -0.1) is 0 Å². The van der Waals surface area contributed by atoms with E-state index in [1.807, 2.05) is 47.4 Å². The predicted octanol–water partition coefficient (Wildman–Crippen LogP) is 6.90. The highest BCUT2D eigenvalue weighted by molar-refractivity contribution is 5.96. The Bertz CT molecular complexity index is 959. The molecule has 3 aromatic carbocycles. The van der Waals surface area contributed by atoms with Crippen LogP contribution in [0.2, 0.25) is 0 Å². The summed E-state index contributed by atoms with van der Waals surface area (Å²) < 4.78 is 0. The van der Waals surface area contributed by atoms with E-state index in [9.17, 15) is 4.79 Å². The summed E-state index contributed by atoms with van der Waals surface area (Å²) in [5.41, 5.74) is 4.12. The van der Waals surface area contributed by atoms with Crippen LogP contribution in [0.5, 0.6) is 0 Å². The van der Waals surface area contributed by atoms with Gasteiger partial charge in [0, 0.05) is 29.3 Å². The second kappa shape index (κ2) is 10.3. The Morgan fingerprint density at radius 2 is 1.23 bits per heavy atom. The highest BCUT2D eigenvalue weighted by Crippen LogP contribution is 2.36. The zero-order chi connectivity index (χ0) is 22.4. The van der Waals surface area contributed by atoms with Gasteiger partial charge >= 0.3 is 0 Å². The molecule has 0 saturated carbocycles. The number of carbonyl (C=O) groups excluding carboxylic acids is 1. The van der Waals surface area contributed by atoms with Crippen molar-refractivity contribution in [3.8, 4) is 0 Å². The summed E-state index contributed by atoms with van der Waals surface area (Å²) in [6, 6.07) is 29.1. The number of para-hydroxylation sites is 1. The molecule has 2 atom stereocenters. The lowest BCUT2D eigenvalue weighted by Gasteiger charge is -2.33. The molecule has 162 valence electrons. The topological polar surface area (TPSA) is 32.3 Å². The minimum Gasteiger partial charge on any atom is -0.378 e. The number of hydrogen-bond acceptors (Lipinski definition) is 2. The third-order valence-corrected chi connectivity index (χ3v) is 5.78. The summed E-state index contributed by atoms with van der Waals surface area (Å²) in [4.78, 5) is 15.5. The average Bonchev–Trinajstić information content (AvgIpc) is 2.78. The highest BCUT2D eigenvalue weighted by Gasteiger charge is 2.28. The molecule has 0 fully saturated rings. The molecular formula is C28H34N2O. The zero-order valence-electron chi connectivity index (χ0n) is 19.2. The number of nitrogens with one attached hydrogen (secondary N) is 1. The summed E-state index contributed by atoms with van der Waals surface area (Å²) >= 11 is 0. The number of anilines is 1. The van der Waals surface area contributed by atoms with Crippen molar-refractivity contribution in [1.29, 1.82) is 0 Å². The van der Waals surface area contributed by atoms with Crippen molar-refractivity contribution < 1.29 is 4.79 Å². The maximum Gasteiger partial charge on any atom is 0.254 e. The van der Waals surface area contributed by atoms with E-state index >= 15 is 0 Å². The van der Waals surface area contributed by atoms with Crippen LogP contribution < -0.4 is 5.32 Å². The smallest absolute Gasteiger partial charge is 0.254 e. The van der Waals surface area contributed by atoms with Crippen molar-refractivity contribution in [1.82, 2.24) is 4.90 Å². The van der Waals surface area contributed by atoms with E-state index in [2.05, 4.69) is 82.4 Å². The van der Waals surface area contributed by atoms with Crippen molar-refractivity contribution in [2.75, 3.05) is 5.32 Å². The van der Waals surface area contributed by atoms with E-state index in [4.69, 9.17) is 0 Å². The van der Waals surface area contributed by atoms with Gasteiger partial charge in [0.1, 0.15) is 0 Å². The van der Waals surface area contributed by atoms with E-state index in [1.165, 1.54) is 5.56 Å². The maximum atomic E-state index is 13.6. The monoisotopic (exact) mass is 414 g/mol. The Labute approximate surface area is 187 Å². The van der Waals surface area contributed by atoms with Crippen LogP contribution in [0.1, 0.15) is 68.1 Å². The van der Waals surface area contributed by atoms with Gasteiger partial charge in [0.05, 0.1) is 6.04 Å². The molecule has 0 unspecified atom stereocenters. The first-order chi connectivity index (χ1) is 14.9. The first-order valence-corrected chi connectivity index (χ1v) is 11.2. The normalized spacial score (nSPS) is 13.1. The van der Waals surface area contributed by atoms with Crippen LogP contribution in [0.4, 0.5) is 5.69 Å². The second-order valence-electron chi connectivity index (χ2n) is 8.67. The van der Waals surface area contributed by atoms with E-state index in [0.717, 1.165) is 16.8 Å². The van der Waals surface area contributed by atoms with E-state index < -0.39 is 0 Å². The summed E-state index contributed by atoms with van der Waals surface area (Å²) in [7, 11) is 0. The van der Waals surface area contributed by atoms with Gasteiger partial charge in [0.2, 0.25) is 0 Å². The SMILES string of the molecule is CC(C)N(C(=O)c1ccccc1[C@H](C)[C@H](Nc1ccccc1)c1ccccc1)C(C)C. The molecule has 1 amide bonds. The number of amides is 1. The molecule has 0 bridgehead atoms. The molecule has 0 spiro atoms. The minimum absolute atomic E-state index is 0.0316. The number of benzene rings is 3. The van der Waals surface area contributed by atoms with Gasteiger partial charge in [0.25, 0.3) is 5.91 Å². The van der Waals surface area contributed by atoms with E-state index in [1.54, 1.807) is 0 Å². The molecule has 3 nitrogen and oxygen atoms in total. The first-order valence-electron chi connectivity index (χ1n) is 11.2. The molecule has 0 aliphatic rings. The van der Waals surface area contributed by atoms with E-state index in [0.29, 0.717) is 0 Å². The number of nitrogens with zero attached hydrogens (tertiary/aromatic N) is 1. The van der Waals surface area contributed by atoms with Crippen LogP contribution in [0.25, 0.3) is 0 Å². The fraction of sp³-hybridized carbons (Fsp3) is 0.321. The summed E-state index contributed by atoms with van der Waals surface area (Å²) in [5.74, 6) is 0.183. The van der Waals surface area contributed by atoms with Crippen LogP contribution in [-0.4, -0.2) is 22.9 Å². The van der Waals surface area contributed by atoms with E-state index in [-0.39, 0.29) is 30.0 Å². The molecule has 3 rings (SSSR count). The highest BCUT2D eigenvalue weighted by atomic mass is 16.2. The Morgan fingerprint density at radius 1 is 0.710 bits per heavy atom. The van der Waals surface area contributed by atoms with Crippen LogP contribution in [-0.2, 0) is 0 Å². The lowest BCUT2D eigenvalue weighted by Crippen LogP contribution is -2.42. The molecule has 0 radical (unpaired) electrons. The molecule has 31 heavy (non-hydrogen) atoms. The van der Waals surface area contributed by atoms with Gasteiger partial charge in [-0.3, -0.25) is 4.79 Å². The molecule has 3 heteroatoms. The molecule has 0 aliphatic carbocycles. The number of hydrogen-bond donors (Lipinski definition) is 1. The summed E-state index contributed by atoms with van der Waals surface area (Å²) in [6.45, 7) is 10.5. The molecule has 1 N–H and O–H groups in total. The third kappa shape index (κ3) is 5.35. The minimum atomic E-state index is 0.0316. The fourth-order valence-corrected chi connectivity index (χ4v) is 4.34. The van der Waals surface area contributed by atoms with Crippen molar-refractivity contribution in [2.24, 2.45) is 0 Å². The van der Waals surface area contributed by atoms with Gasteiger partial charge in [-0.1, -0.05) is 73.7 Å². The van der Waals surface area contributed by atoms with Crippen LogP contribution in [0.3, 0.4) is 0 Å². The van der Waals surface area contributed by atoms with Crippen molar-refractivity contribution in [3.05, 3.63) is 102 Å². The maximum absolute atomic E-state index is 13.6. The van der Waals surface area contributed by atoms with Crippen LogP contribution in [0, 0.1) is 0 Å². The van der Waals surface area contributed by atoms with Gasteiger partial charge < -0.3 is 10.2 Å². The molecule has 0 aliphatic heterocycles. The standard InChI is InChI=1S/C28H34N2O/c1-20(2)30(21(3)4)28(31)26-19-13-12-18-25(26)22(5)27(23-14-8-6-9-15-23)29-24-16-10-7-11-17-24/h6-22,27,29H,1-5H3/t22-,27-/m0/s1. The Hall–Kier alpha value is -3.07. The lowest BCUT2D eigenvalue weighted by atomic mass is 9.85. The lowest BCUT2D eigenvalue weighted by molar-refractivity contribution is 0.0642. The molecule has 0 aromatic heterocycles. The Kier molecular flexibility index (Phi) is 7.51. The van der Waals surface area contributed by atoms with Gasteiger partial charge in [-0.05, 0) is 57.0 Å². The number of rotatable bonds is 8. The van der Waals surface area contributed by atoms with Crippen molar-refractivity contribution in [3.63, 3.8) is 0 Å². The molecule has 0 heterocycles. The molecule has 3 aromatic rings. The van der Waals surface area contributed by atoms with Gasteiger partial charge in [0.15, 0.2) is 0 Å². The summed E-state index contributed by atoms with van der Waals surface area (Å²) in [5, 5.41) is 3.71. The Morgan fingerprint density at radius 3 is 1.81 bits per heavy atom. The van der Waals surface area contributed by atoms with Gasteiger partial charge in [-0.25, -0.2) is 0 Å². The first kappa shape index (κ1) is 22.6. The quantitative estimate of drug-likeness (QED) is 0.435. The second-order valence-corrected chi connectivity index (χ2v) is 8.67. The van der Waals surface area contributed by atoms with Crippen LogP contribution >= 0.6 is 0 Å². The summed E-state index contributed by atoms with van der Waals surface area (Å²) in [6.07, 6.45) is 0. The predicted molar refractivity (Wildman–Crippen MR) is 131 cm³/mol. The Balaban J connectivity index is 2.02. The largest absolute Gasteiger partial charge is 0.378 e. The number of carbonyl (C=O) groups is 1. The molecule has 0 saturated heterocycles. The fourth-order valence-electron chi connectivity index (χ4n) is 4.34. The average molecular weight is 415 g/mol. The molecular weight excluding hydrogens is 380 g/mol. The van der Waals surface area contributed by atoms with Gasteiger partial charge in [-0.2, -0.15) is 0 Å². The third-order valence-electron chi connectivity index (χ3n) is 5.78.